The predicted molar refractivity (Wildman–Crippen MR) is 98.5 cm³/mol. The minimum atomic E-state index is -4.44. The van der Waals surface area contributed by atoms with Crippen LogP contribution in [0.5, 0.6) is 5.75 Å². The van der Waals surface area contributed by atoms with Crippen molar-refractivity contribution in [3.8, 4) is 5.75 Å². The molecule has 1 aliphatic rings. The van der Waals surface area contributed by atoms with Gasteiger partial charge in [-0.3, -0.25) is 9.69 Å². The van der Waals surface area contributed by atoms with E-state index in [0.29, 0.717) is 32.0 Å². The Labute approximate surface area is 162 Å². The summed E-state index contributed by atoms with van der Waals surface area (Å²) in [4.78, 5) is 15.7. The van der Waals surface area contributed by atoms with Gasteiger partial charge >= 0.3 is 5.51 Å². The smallest absolute Gasteiger partial charge is 0.417 e. The predicted octanol–water partition coefficient (Wildman–Crippen LogP) is 3.20. The molecule has 1 amide bonds. The summed E-state index contributed by atoms with van der Waals surface area (Å²) >= 11 is -0.522. The molecule has 0 spiro atoms. The minimum Gasteiger partial charge on any atom is -0.417 e. The standard InChI is InChI=1S/C18H25F3N2O3S/c1-22(2)17(24)12-23(11-15-7-9-25-13-15)8-6-14-4-3-5-16(10-14)26-27-18(19,20)21/h3-5,10,15H,6-9,11-13H2,1-2H3. The molecule has 1 heterocycles. The van der Waals surface area contributed by atoms with Crippen molar-refractivity contribution in [3.05, 3.63) is 29.8 Å². The number of halogens is 3. The number of hydrogen-bond acceptors (Lipinski definition) is 5. The highest BCUT2D eigenvalue weighted by molar-refractivity contribution is 7.95. The molecule has 1 atom stereocenters. The van der Waals surface area contributed by atoms with E-state index in [-0.39, 0.29) is 11.7 Å². The molecule has 1 aliphatic heterocycles. The molecule has 0 aromatic heterocycles. The van der Waals surface area contributed by atoms with Crippen molar-refractivity contribution >= 4 is 17.9 Å². The van der Waals surface area contributed by atoms with Gasteiger partial charge in [-0.1, -0.05) is 12.1 Å². The fraction of sp³-hybridized carbons (Fsp3) is 0.611. The van der Waals surface area contributed by atoms with E-state index < -0.39 is 17.6 Å². The molecule has 5 nitrogen and oxygen atoms in total. The van der Waals surface area contributed by atoms with Crippen LogP contribution >= 0.6 is 12.0 Å². The van der Waals surface area contributed by atoms with Crippen molar-refractivity contribution in [1.82, 2.24) is 9.80 Å². The molecule has 2 rings (SSSR count). The van der Waals surface area contributed by atoms with E-state index in [2.05, 4.69) is 4.90 Å². The lowest BCUT2D eigenvalue weighted by Gasteiger charge is -2.26. The van der Waals surface area contributed by atoms with Crippen molar-refractivity contribution < 1.29 is 26.9 Å². The van der Waals surface area contributed by atoms with E-state index in [9.17, 15) is 18.0 Å². The first-order chi connectivity index (χ1) is 12.7. The molecule has 1 saturated heterocycles. The summed E-state index contributed by atoms with van der Waals surface area (Å²) in [6, 6.07) is 6.60. The maximum Gasteiger partial charge on any atom is 0.479 e. The molecule has 0 bridgehead atoms. The summed E-state index contributed by atoms with van der Waals surface area (Å²) in [5, 5.41) is 0. The van der Waals surface area contributed by atoms with Crippen LogP contribution in [0, 0.1) is 5.92 Å². The first-order valence-corrected chi connectivity index (χ1v) is 9.48. The Morgan fingerprint density at radius 1 is 1.37 bits per heavy atom. The first kappa shape index (κ1) is 21.8. The van der Waals surface area contributed by atoms with Crippen LogP contribution in [0.4, 0.5) is 13.2 Å². The number of ether oxygens (including phenoxy) is 1. The molecule has 0 aliphatic carbocycles. The molecular weight excluding hydrogens is 381 g/mol. The summed E-state index contributed by atoms with van der Waals surface area (Å²) < 4.78 is 46.9. The molecule has 152 valence electrons. The number of rotatable bonds is 9. The first-order valence-electron chi connectivity index (χ1n) is 8.74. The van der Waals surface area contributed by atoms with Gasteiger partial charge in [-0.2, -0.15) is 13.2 Å². The summed E-state index contributed by atoms with van der Waals surface area (Å²) in [6.45, 7) is 3.15. The van der Waals surface area contributed by atoms with Gasteiger partial charge in [0.2, 0.25) is 5.91 Å². The Bertz CT molecular complexity index is 608. The summed E-state index contributed by atoms with van der Waals surface area (Å²) in [7, 11) is 3.44. The van der Waals surface area contributed by atoms with Gasteiger partial charge in [0, 0.05) is 33.8 Å². The molecule has 1 unspecified atom stereocenters. The zero-order valence-corrected chi connectivity index (χ0v) is 16.3. The van der Waals surface area contributed by atoms with Crippen molar-refractivity contribution in [2.24, 2.45) is 5.92 Å². The molecule has 1 aromatic rings. The van der Waals surface area contributed by atoms with E-state index in [1.807, 2.05) is 6.07 Å². The molecule has 1 aromatic carbocycles. The van der Waals surface area contributed by atoms with Crippen LogP contribution in [0.15, 0.2) is 24.3 Å². The topological polar surface area (TPSA) is 42.0 Å². The van der Waals surface area contributed by atoms with Crippen LogP contribution in [0.2, 0.25) is 0 Å². The van der Waals surface area contributed by atoms with Gasteiger partial charge in [-0.15, -0.1) is 0 Å². The van der Waals surface area contributed by atoms with Crippen LogP contribution in [0.3, 0.4) is 0 Å². The van der Waals surface area contributed by atoms with Crippen LogP contribution in [0.1, 0.15) is 12.0 Å². The van der Waals surface area contributed by atoms with Crippen molar-refractivity contribution in [2.75, 3.05) is 46.9 Å². The minimum absolute atomic E-state index is 0.0209. The van der Waals surface area contributed by atoms with Gasteiger partial charge in [0.15, 0.2) is 12.0 Å². The van der Waals surface area contributed by atoms with E-state index >= 15 is 0 Å². The van der Waals surface area contributed by atoms with E-state index in [0.717, 1.165) is 25.1 Å². The normalized spacial score (nSPS) is 17.3. The second-order valence-corrected chi connectivity index (χ2v) is 7.56. The van der Waals surface area contributed by atoms with Crippen LogP contribution in [-0.2, 0) is 16.0 Å². The lowest BCUT2D eigenvalue weighted by atomic mass is 10.1. The van der Waals surface area contributed by atoms with Gasteiger partial charge in [-0.25, -0.2) is 0 Å². The monoisotopic (exact) mass is 406 g/mol. The fourth-order valence-electron chi connectivity index (χ4n) is 2.80. The molecule has 0 radical (unpaired) electrons. The van der Waals surface area contributed by atoms with Crippen molar-refractivity contribution in [3.63, 3.8) is 0 Å². The highest BCUT2D eigenvalue weighted by Gasteiger charge is 2.31. The molecule has 9 heteroatoms. The summed E-state index contributed by atoms with van der Waals surface area (Å²) in [5.41, 5.74) is -3.58. The number of carbonyl (C=O) groups excluding carboxylic acids is 1. The largest absolute Gasteiger partial charge is 0.479 e. The van der Waals surface area contributed by atoms with Gasteiger partial charge < -0.3 is 13.8 Å². The summed E-state index contributed by atoms with van der Waals surface area (Å²) in [5.74, 6) is 0.584. The highest BCUT2D eigenvalue weighted by Crippen LogP contribution is 2.32. The highest BCUT2D eigenvalue weighted by atomic mass is 32.2. The van der Waals surface area contributed by atoms with Gasteiger partial charge in [0.1, 0.15) is 5.75 Å². The Hall–Kier alpha value is -1.45. The van der Waals surface area contributed by atoms with E-state index in [4.69, 9.17) is 8.92 Å². The molecule has 0 N–H and O–H groups in total. The second kappa shape index (κ2) is 10.2. The number of benzene rings is 1. The van der Waals surface area contributed by atoms with Gasteiger partial charge in [-0.05, 0) is 36.5 Å². The third-order valence-corrected chi connectivity index (χ3v) is 4.71. The average Bonchev–Trinajstić information content (AvgIpc) is 3.10. The Balaban J connectivity index is 1.93. The third-order valence-electron chi connectivity index (χ3n) is 4.25. The van der Waals surface area contributed by atoms with Gasteiger partial charge in [0.25, 0.3) is 0 Å². The number of amides is 1. The molecule has 27 heavy (non-hydrogen) atoms. The van der Waals surface area contributed by atoms with Crippen LogP contribution in [0.25, 0.3) is 0 Å². The van der Waals surface area contributed by atoms with E-state index in [1.165, 1.54) is 6.07 Å². The quantitative estimate of drug-likeness (QED) is 0.589. The number of carbonyl (C=O) groups is 1. The number of alkyl halides is 3. The van der Waals surface area contributed by atoms with Crippen LogP contribution < -0.4 is 4.18 Å². The molecular formula is C18H25F3N2O3S. The summed E-state index contributed by atoms with van der Waals surface area (Å²) in [6.07, 6.45) is 1.59. The molecule has 0 saturated carbocycles. The zero-order chi connectivity index (χ0) is 19.9. The Morgan fingerprint density at radius 2 is 2.15 bits per heavy atom. The fourth-order valence-corrected chi connectivity index (χ4v) is 3.09. The SMILES string of the molecule is CN(C)C(=O)CN(CCc1cccc(OSC(F)(F)F)c1)CC1CCOC1. The Kier molecular flexibility index (Phi) is 8.25. The van der Waals surface area contributed by atoms with Gasteiger partial charge in [0.05, 0.1) is 13.2 Å². The number of likely N-dealkylation sites (N-methyl/N-ethyl adjacent to an activating group) is 1. The molecule has 1 fully saturated rings. The van der Waals surface area contributed by atoms with E-state index in [1.54, 1.807) is 31.1 Å². The number of nitrogens with zero attached hydrogens (tertiary/aromatic N) is 2. The van der Waals surface area contributed by atoms with Crippen LogP contribution in [-0.4, -0.2) is 68.2 Å². The third kappa shape index (κ3) is 8.40. The maximum atomic E-state index is 12.3. The average molecular weight is 406 g/mol. The van der Waals surface area contributed by atoms with Crippen molar-refractivity contribution in [2.45, 2.75) is 18.3 Å². The second-order valence-electron chi connectivity index (χ2n) is 6.76. The maximum absolute atomic E-state index is 12.3. The van der Waals surface area contributed by atoms with Crippen molar-refractivity contribution in [1.29, 1.82) is 0 Å². The lowest BCUT2D eigenvalue weighted by Crippen LogP contribution is -2.40. The lowest BCUT2D eigenvalue weighted by molar-refractivity contribution is -0.130. The number of hydrogen-bond donors (Lipinski definition) is 0. The Morgan fingerprint density at radius 3 is 2.78 bits per heavy atom. The zero-order valence-electron chi connectivity index (χ0n) is 15.5.